The Morgan fingerprint density at radius 2 is 2.47 bits per heavy atom. The summed E-state index contributed by atoms with van der Waals surface area (Å²) in [6.45, 7) is 5.55. The second kappa shape index (κ2) is 7.37. The van der Waals surface area contributed by atoms with Crippen molar-refractivity contribution in [2.45, 2.75) is 26.3 Å². The van der Waals surface area contributed by atoms with Gasteiger partial charge in [0.05, 0.1) is 11.6 Å². The third-order valence-electron chi connectivity index (χ3n) is 2.09. The molecule has 0 saturated heterocycles. The molecular weight excluding hydrogens is 238 g/mol. The first-order valence-electron chi connectivity index (χ1n) is 5.70. The lowest BCUT2D eigenvalue weighted by atomic mass is 10.3. The predicted molar refractivity (Wildman–Crippen MR) is 68.3 cm³/mol. The molecule has 17 heavy (non-hydrogen) atoms. The normalized spacial score (nSPS) is 12.4. The van der Waals surface area contributed by atoms with Crippen molar-refractivity contribution in [3.05, 3.63) is 16.1 Å². The molecule has 5 nitrogen and oxygen atoms in total. The molecular formula is C11H19N3O2S. The van der Waals surface area contributed by atoms with Gasteiger partial charge < -0.3 is 15.8 Å². The average Bonchev–Trinajstić information content (AvgIpc) is 2.75. The van der Waals surface area contributed by atoms with E-state index in [2.05, 4.69) is 10.3 Å². The summed E-state index contributed by atoms with van der Waals surface area (Å²) in [5, 5.41) is 5.49. The van der Waals surface area contributed by atoms with E-state index in [4.69, 9.17) is 10.5 Å². The lowest BCUT2D eigenvalue weighted by molar-refractivity contribution is 0.0868. The number of carbonyl (C=O) groups is 1. The number of aromatic nitrogens is 1. The maximum atomic E-state index is 11.8. The molecule has 0 saturated carbocycles. The molecule has 0 bridgehead atoms. The van der Waals surface area contributed by atoms with Crippen LogP contribution in [0.25, 0.3) is 0 Å². The smallest absolute Gasteiger partial charge is 0.271 e. The van der Waals surface area contributed by atoms with E-state index in [1.165, 1.54) is 11.3 Å². The highest BCUT2D eigenvalue weighted by Gasteiger charge is 2.13. The summed E-state index contributed by atoms with van der Waals surface area (Å²) in [5.41, 5.74) is 5.89. The van der Waals surface area contributed by atoms with E-state index in [1.807, 2.05) is 13.8 Å². The Labute approximate surface area is 105 Å². The van der Waals surface area contributed by atoms with E-state index < -0.39 is 0 Å². The molecule has 1 amide bonds. The summed E-state index contributed by atoms with van der Waals surface area (Å²) >= 11 is 1.46. The number of thiazole rings is 1. The van der Waals surface area contributed by atoms with Gasteiger partial charge in [0.15, 0.2) is 0 Å². The fourth-order valence-corrected chi connectivity index (χ4v) is 2.08. The number of amides is 1. The quantitative estimate of drug-likeness (QED) is 0.757. The lowest BCUT2D eigenvalue weighted by Gasteiger charge is -2.12. The summed E-state index contributed by atoms with van der Waals surface area (Å²) in [5.74, 6) is -0.156. The van der Waals surface area contributed by atoms with Crippen LogP contribution in [-0.4, -0.2) is 36.7 Å². The van der Waals surface area contributed by atoms with Crippen LogP contribution in [0.3, 0.4) is 0 Å². The highest BCUT2D eigenvalue weighted by molar-refractivity contribution is 7.09. The van der Waals surface area contributed by atoms with Gasteiger partial charge >= 0.3 is 0 Å². The number of ether oxygens (including phenoxy) is 1. The van der Waals surface area contributed by atoms with Gasteiger partial charge in [0.1, 0.15) is 5.69 Å². The van der Waals surface area contributed by atoms with Crippen LogP contribution in [-0.2, 0) is 11.2 Å². The molecule has 0 aliphatic carbocycles. The largest absolute Gasteiger partial charge is 0.380 e. The van der Waals surface area contributed by atoms with Crippen molar-refractivity contribution >= 4 is 17.2 Å². The number of nitrogens with one attached hydrogen (secondary N) is 1. The Balaban J connectivity index is 2.45. The first kappa shape index (κ1) is 14.1. The van der Waals surface area contributed by atoms with Crippen molar-refractivity contribution in [2.75, 3.05) is 19.8 Å². The minimum atomic E-state index is -0.156. The van der Waals surface area contributed by atoms with Gasteiger partial charge in [-0.1, -0.05) is 0 Å². The third-order valence-corrected chi connectivity index (χ3v) is 3.00. The number of nitrogens with zero attached hydrogens (tertiary/aromatic N) is 1. The van der Waals surface area contributed by atoms with Gasteiger partial charge in [0.2, 0.25) is 0 Å². The minimum absolute atomic E-state index is 0.0119. The van der Waals surface area contributed by atoms with Gasteiger partial charge in [0, 0.05) is 24.4 Å². The van der Waals surface area contributed by atoms with Crippen molar-refractivity contribution in [3.63, 3.8) is 0 Å². The standard InChI is InChI=1S/C11H19N3O2S/c1-3-16-6-8(2)13-11(15)9-7-17-10(14-9)4-5-12/h7-8H,3-6,12H2,1-2H3,(H,13,15). The Morgan fingerprint density at radius 1 is 1.71 bits per heavy atom. The van der Waals surface area contributed by atoms with Gasteiger partial charge in [-0.2, -0.15) is 0 Å². The maximum absolute atomic E-state index is 11.8. The van der Waals surface area contributed by atoms with E-state index in [1.54, 1.807) is 5.38 Å². The minimum Gasteiger partial charge on any atom is -0.380 e. The first-order valence-corrected chi connectivity index (χ1v) is 6.58. The van der Waals surface area contributed by atoms with Crippen LogP contribution in [0.4, 0.5) is 0 Å². The van der Waals surface area contributed by atoms with Crippen molar-refractivity contribution in [1.29, 1.82) is 0 Å². The molecule has 0 fully saturated rings. The monoisotopic (exact) mass is 257 g/mol. The number of carbonyl (C=O) groups excluding carboxylic acids is 1. The van der Waals surface area contributed by atoms with Crippen LogP contribution in [0.5, 0.6) is 0 Å². The van der Waals surface area contributed by atoms with Gasteiger partial charge in [-0.05, 0) is 20.4 Å². The van der Waals surface area contributed by atoms with E-state index in [9.17, 15) is 4.79 Å². The van der Waals surface area contributed by atoms with Crippen molar-refractivity contribution in [2.24, 2.45) is 5.73 Å². The summed E-state index contributed by atoms with van der Waals surface area (Å²) < 4.78 is 5.23. The van der Waals surface area contributed by atoms with Gasteiger partial charge in [-0.25, -0.2) is 4.98 Å². The molecule has 1 rings (SSSR count). The zero-order chi connectivity index (χ0) is 12.7. The summed E-state index contributed by atoms with van der Waals surface area (Å²) in [7, 11) is 0. The first-order chi connectivity index (χ1) is 8.17. The van der Waals surface area contributed by atoms with Crippen LogP contribution in [0.2, 0.25) is 0 Å². The van der Waals surface area contributed by atoms with Crippen LogP contribution < -0.4 is 11.1 Å². The van der Waals surface area contributed by atoms with Crippen LogP contribution in [0, 0.1) is 0 Å². The number of rotatable bonds is 7. The van der Waals surface area contributed by atoms with Crippen LogP contribution >= 0.6 is 11.3 Å². The number of nitrogens with two attached hydrogens (primary N) is 1. The molecule has 1 atom stereocenters. The predicted octanol–water partition coefficient (Wildman–Crippen LogP) is 0.799. The zero-order valence-corrected chi connectivity index (χ0v) is 11.0. The average molecular weight is 257 g/mol. The second-order valence-corrected chi connectivity index (χ2v) is 4.64. The molecule has 1 heterocycles. The molecule has 3 N–H and O–H groups in total. The topological polar surface area (TPSA) is 77.2 Å². The molecule has 0 spiro atoms. The number of hydrogen-bond acceptors (Lipinski definition) is 5. The molecule has 1 aromatic rings. The molecule has 0 radical (unpaired) electrons. The molecule has 1 aromatic heterocycles. The zero-order valence-electron chi connectivity index (χ0n) is 10.2. The Morgan fingerprint density at radius 3 is 3.12 bits per heavy atom. The van der Waals surface area contributed by atoms with Gasteiger partial charge in [0.25, 0.3) is 5.91 Å². The summed E-state index contributed by atoms with van der Waals surface area (Å²) in [6.07, 6.45) is 0.715. The van der Waals surface area contributed by atoms with E-state index in [-0.39, 0.29) is 11.9 Å². The molecule has 1 unspecified atom stereocenters. The molecule has 6 heteroatoms. The highest BCUT2D eigenvalue weighted by Crippen LogP contribution is 2.10. The Kier molecular flexibility index (Phi) is 6.10. The third kappa shape index (κ3) is 4.80. The van der Waals surface area contributed by atoms with Gasteiger partial charge in [-0.3, -0.25) is 4.79 Å². The van der Waals surface area contributed by atoms with Crippen LogP contribution in [0.1, 0.15) is 29.3 Å². The van der Waals surface area contributed by atoms with E-state index >= 15 is 0 Å². The molecule has 0 aromatic carbocycles. The Hall–Kier alpha value is -0.980. The van der Waals surface area contributed by atoms with Crippen molar-refractivity contribution in [3.8, 4) is 0 Å². The van der Waals surface area contributed by atoms with E-state index in [0.717, 1.165) is 5.01 Å². The maximum Gasteiger partial charge on any atom is 0.271 e. The van der Waals surface area contributed by atoms with Crippen molar-refractivity contribution < 1.29 is 9.53 Å². The van der Waals surface area contributed by atoms with Crippen molar-refractivity contribution in [1.82, 2.24) is 10.3 Å². The Bertz CT molecular complexity index is 354. The lowest BCUT2D eigenvalue weighted by Crippen LogP contribution is -2.36. The fourth-order valence-electron chi connectivity index (χ4n) is 1.29. The fraction of sp³-hybridized carbons (Fsp3) is 0.636. The summed E-state index contributed by atoms with van der Waals surface area (Å²) in [6, 6.07) is -0.0119. The molecule has 0 aliphatic rings. The van der Waals surface area contributed by atoms with Crippen LogP contribution in [0.15, 0.2) is 5.38 Å². The van der Waals surface area contributed by atoms with Gasteiger partial charge in [-0.15, -0.1) is 11.3 Å². The van der Waals surface area contributed by atoms with E-state index in [0.29, 0.717) is 31.9 Å². The SMILES string of the molecule is CCOCC(C)NC(=O)c1csc(CCN)n1. The summed E-state index contributed by atoms with van der Waals surface area (Å²) in [4.78, 5) is 16.0. The highest BCUT2D eigenvalue weighted by atomic mass is 32.1. The second-order valence-electron chi connectivity index (χ2n) is 3.70. The molecule has 0 aliphatic heterocycles. The number of hydrogen-bond donors (Lipinski definition) is 2. The molecule has 96 valence electrons.